The van der Waals surface area contributed by atoms with Crippen molar-refractivity contribution in [1.82, 2.24) is 9.97 Å². The van der Waals surface area contributed by atoms with E-state index in [9.17, 15) is 9.59 Å². The number of thiazole rings is 2. The summed E-state index contributed by atoms with van der Waals surface area (Å²) >= 11 is 2.47. The van der Waals surface area contributed by atoms with Crippen molar-refractivity contribution in [2.24, 2.45) is 0 Å². The molecule has 2 aromatic rings. The second-order valence-corrected chi connectivity index (χ2v) is 6.62. The van der Waals surface area contributed by atoms with Crippen molar-refractivity contribution in [2.75, 3.05) is 31.3 Å². The van der Waals surface area contributed by atoms with E-state index in [0.29, 0.717) is 39.5 Å². The number of rotatable bonds is 5. The summed E-state index contributed by atoms with van der Waals surface area (Å²) in [7, 11) is 1.77. The van der Waals surface area contributed by atoms with Gasteiger partial charge in [-0.05, 0) is 27.7 Å². The Bertz CT molecular complexity index is 727. The Morgan fingerprint density at radius 1 is 1.00 bits per heavy atom. The molecule has 3 N–H and O–H groups in total. The van der Waals surface area contributed by atoms with Crippen molar-refractivity contribution >= 4 is 44.9 Å². The summed E-state index contributed by atoms with van der Waals surface area (Å²) in [5.74, 6) is -0.636. The van der Waals surface area contributed by atoms with Crippen LogP contribution in [-0.2, 0) is 9.47 Å². The average Bonchev–Trinajstić information content (AvgIpc) is 3.10. The number of ether oxygens (including phenoxy) is 2. The second kappa shape index (κ2) is 9.94. The van der Waals surface area contributed by atoms with Crippen LogP contribution in [0.3, 0.4) is 0 Å². The van der Waals surface area contributed by atoms with Crippen molar-refractivity contribution in [2.45, 2.75) is 27.7 Å². The van der Waals surface area contributed by atoms with Gasteiger partial charge in [-0.3, -0.25) is 0 Å². The van der Waals surface area contributed by atoms with Gasteiger partial charge in [0.15, 0.2) is 10.3 Å². The molecule has 2 aromatic heterocycles. The van der Waals surface area contributed by atoms with E-state index in [-0.39, 0.29) is 11.9 Å². The molecule has 0 bridgehead atoms. The van der Waals surface area contributed by atoms with Gasteiger partial charge in [-0.1, -0.05) is 22.7 Å². The van der Waals surface area contributed by atoms with E-state index in [1.807, 2.05) is 0 Å². The third-order valence-electron chi connectivity index (χ3n) is 2.75. The molecule has 0 saturated heterocycles. The standard InChI is InChI=1S/C8H12N2O2S.C7H10N2O2S/c1-4-12-7(11)6-5(2)10-8(9-3)13-6;1-3-11-6(10)5-4(2)9-7(8)12-5/h4H2,1-3H3,(H,9,10);3H2,1-2H3,(H2,8,9). The molecular formula is C15H22N4O4S2. The Balaban J connectivity index is 0.000000251. The Labute approximate surface area is 154 Å². The summed E-state index contributed by atoms with van der Waals surface area (Å²) in [6, 6.07) is 0. The fourth-order valence-electron chi connectivity index (χ4n) is 1.69. The lowest BCUT2D eigenvalue weighted by atomic mass is 10.4. The van der Waals surface area contributed by atoms with Crippen LogP contribution in [0.15, 0.2) is 0 Å². The number of carbonyl (C=O) groups excluding carboxylic acids is 2. The molecular weight excluding hydrogens is 364 g/mol. The Morgan fingerprint density at radius 3 is 1.84 bits per heavy atom. The number of nitrogens with one attached hydrogen (secondary N) is 1. The largest absolute Gasteiger partial charge is 0.462 e. The minimum Gasteiger partial charge on any atom is -0.462 e. The third kappa shape index (κ3) is 5.98. The number of aryl methyl sites for hydroxylation is 2. The Kier molecular flexibility index (Phi) is 8.29. The molecule has 2 heterocycles. The van der Waals surface area contributed by atoms with Gasteiger partial charge in [0.25, 0.3) is 0 Å². The molecule has 0 saturated carbocycles. The number of anilines is 2. The number of hydrogen-bond donors (Lipinski definition) is 2. The zero-order valence-corrected chi connectivity index (χ0v) is 16.5. The van der Waals surface area contributed by atoms with Gasteiger partial charge in [-0.25, -0.2) is 19.6 Å². The second-order valence-electron chi connectivity index (χ2n) is 4.59. The number of nitrogens with two attached hydrogens (primary N) is 1. The summed E-state index contributed by atoms with van der Waals surface area (Å²) < 4.78 is 9.67. The highest BCUT2D eigenvalue weighted by molar-refractivity contribution is 7.17. The lowest BCUT2D eigenvalue weighted by molar-refractivity contribution is 0.0521. The van der Waals surface area contributed by atoms with Gasteiger partial charge < -0.3 is 20.5 Å². The fourth-order valence-corrected chi connectivity index (χ4v) is 3.23. The molecule has 0 aliphatic heterocycles. The van der Waals surface area contributed by atoms with E-state index in [0.717, 1.165) is 16.5 Å². The third-order valence-corrected chi connectivity index (χ3v) is 4.87. The first-order valence-corrected chi connectivity index (χ1v) is 9.19. The molecule has 0 fully saturated rings. The van der Waals surface area contributed by atoms with Gasteiger partial charge in [0.05, 0.1) is 24.6 Å². The van der Waals surface area contributed by atoms with Crippen LogP contribution in [0, 0.1) is 13.8 Å². The van der Waals surface area contributed by atoms with Crippen molar-refractivity contribution < 1.29 is 19.1 Å². The van der Waals surface area contributed by atoms with Crippen molar-refractivity contribution in [3.63, 3.8) is 0 Å². The fraction of sp³-hybridized carbons (Fsp3) is 0.467. The first-order valence-electron chi connectivity index (χ1n) is 7.56. The van der Waals surface area contributed by atoms with Crippen LogP contribution >= 0.6 is 22.7 Å². The highest BCUT2D eigenvalue weighted by Gasteiger charge is 2.15. The molecule has 0 atom stereocenters. The van der Waals surface area contributed by atoms with Gasteiger partial charge in [-0.2, -0.15) is 0 Å². The molecule has 0 aromatic carbocycles. The molecule has 0 spiro atoms. The van der Waals surface area contributed by atoms with Gasteiger partial charge in [0.2, 0.25) is 0 Å². The van der Waals surface area contributed by atoms with Crippen LogP contribution in [0.25, 0.3) is 0 Å². The van der Waals surface area contributed by atoms with E-state index in [1.54, 1.807) is 34.7 Å². The monoisotopic (exact) mass is 386 g/mol. The Hall–Kier alpha value is -2.20. The van der Waals surface area contributed by atoms with Crippen molar-refractivity contribution in [3.8, 4) is 0 Å². The van der Waals surface area contributed by atoms with Gasteiger partial charge in [0.1, 0.15) is 9.75 Å². The molecule has 25 heavy (non-hydrogen) atoms. The van der Waals surface area contributed by atoms with Crippen LogP contribution in [0.4, 0.5) is 10.3 Å². The zero-order chi connectivity index (χ0) is 19.0. The first-order chi connectivity index (χ1) is 11.8. The van der Waals surface area contributed by atoms with Crippen LogP contribution < -0.4 is 11.1 Å². The number of nitrogen functional groups attached to an aromatic ring is 1. The highest BCUT2D eigenvalue weighted by Crippen LogP contribution is 2.22. The van der Waals surface area contributed by atoms with Gasteiger partial charge >= 0.3 is 11.9 Å². The smallest absolute Gasteiger partial charge is 0.350 e. The SMILES string of the molecule is CCOC(=O)c1sc(N)nc1C.CCOC(=O)c1sc(NC)nc1C. The maximum Gasteiger partial charge on any atom is 0.350 e. The van der Waals surface area contributed by atoms with E-state index in [4.69, 9.17) is 15.2 Å². The molecule has 8 nitrogen and oxygen atoms in total. The summed E-state index contributed by atoms with van der Waals surface area (Å²) in [6.07, 6.45) is 0. The topological polar surface area (TPSA) is 116 Å². The normalized spacial score (nSPS) is 9.80. The van der Waals surface area contributed by atoms with Gasteiger partial charge in [0, 0.05) is 7.05 Å². The number of nitrogens with zero attached hydrogens (tertiary/aromatic N) is 2. The van der Waals surface area contributed by atoms with Crippen LogP contribution in [-0.4, -0.2) is 42.2 Å². The number of carbonyl (C=O) groups is 2. The van der Waals surface area contributed by atoms with Crippen LogP contribution in [0.1, 0.15) is 44.6 Å². The summed E-state index contributed by atoms with van der Waals surface area (Å²) in [5.41, 5.74) is 6.76. The summed E-state index contributed by atoms with van der Waals surface area (Å²) in [4.78, 5) is 31.6. The molecule has 0 aliphatic carbocycles. The summed E-state index contributed by atoms with van der Waals surface area (Å²) in [6.45, 7) is 7.84. The molecule has 10 heteroatoms. The van der Waals surface area contributed by atoms with Crippen molar-refractivity contribution in [1.29, 1.82) is 0 Å². The van der Waals surface area contributed by atoms with Crippen molar-refractivity contribution in [3.05, 3.63) is 21.1 Å². The average molecular weight is 386 g/mol. The molecule has 0 radical (unpaired) electrons. The number of aromatic nitrogens is 2. The molecule has 138 valence electrons. The predicted molar refractivity (Wildman–Crippen MR) is 99.6 cm³/mol. The first kappa shape index (κ1) is 20.8. The molecule has 0 amide bonds. The number of hydrogen-bond acceptors (Lipinski definition) is 10. The van der Waals surface area contributed by atoms with E-state index in [1.165, 1.54) is 11.3 Å². The van der Waals surface area contributed by atoms with E-state index < -0.39 is 0 Å². The molecule has 2 rings (SSSR count). The highest BCUT2D eigenvalue weighted by atomic mass is 32.1. The van der Waals surface area contributed by atoms with E-state index >= 15 is 0 Å². The van der Waals surface area contributed by atoms with Crippen LogP contribution in [0.2, 0.25) is 0 Å². The Morgan fingerprint density at radius 2 is 1.48 bits per heavy atom. The summed E-state index contributed by atoms with van der Waals surface area (Å²) in [5, 5.41) is 4.02. The molecule has 0 unspecified atom stereocenters. The maximum atomic E-state index is 11.3. The quantitative estimate of drug-likeness (QED) is 0.754. The maximum absolute atomic E-state index is 11.3. The zero-order valence-electron chi connectivity index (χ0n) is 14.8. The number of esters is 2. The minimum absolute atomic E-state index is 0.293. The van der Waals surface area contributed by atoms with Gasteiger partial charge in [-0.15, -0.1) is 0 Å². The van der Waals surface area contributed by atoms with E-state index in [2.05, 4.69) is 15.3 Å². The lowest BCUT2D eigenvalue weighted by Crippen LogP contribution is -2.03. The minimum atomic E-state index is -0.343. The molecule has 0 aliphatic rings. The predicted octanol–water partition coefficient (Wildman–Crippen LogP) is 2.88. The van der Waals surface area contributed by atoms with Crippen LogP contribution in [0.5, 0.6) is 0 Å². The lowest BCUT2D eigenvalue weighted by Gasteiger charge is -1.97.